The Morgan fingerprint density at radius 1 is 1.42 bits per heavy atom. The molecular weight excluding hydrogens is 304 g/mol. The molecule has 130 valence electrons. The highest BCUT2D eigenvalue weighted by molar-refractivity contribution is 5.95. The van der Waals surface area contributed by atoms with Gasteiger partial charge in [0.05, 0.1) is 23.9 Å². The number of rotatable bonds is 7. The molecule has 0 saturated heterocycles. The largest absolute Gasteiger partial charge is 0.382 e. The summed E-state index contributed by atoms with van der Waals surface area (Å²) >= 11 is 0. The second-order valence-corrected chi connectivity index (χ2v) is 6.69. The summed E-state index contributed by atoms with van der Waals surface area (Å²) in [6.07, 6.45) is 3.55. The lowest BCUT2D eigenvalue weighted by atomic mass is 9.88. The summed E-state index contributed by atoms with van der Waals surface area (Å²) in [5, 5.41) is 7.42. The molecule has 2 heterocycles. The second kappa shape index (κ2) is 7.57. The van der Waals surface area contributed by atoms with Crippen LogP contribution in [0.4, 0.5) is 0 Å². The van der Waals surface area contributed by atoms with Gasteiger partial charge in [0.1, 0.15) is 0 Å². The quantitative estimate of drug-likeness (QED) is 0.847. The molecule has 1 N–H and O–H groups in total. The van der Waals surface area contributed by atoms with Gasteiger partial charge in [0.15, 0.2) is 0 Å². The van der Waals surface area contributed by atoms with E-state index in [0.29, 0.717) is 24.4 Å². The predicted molar refractivity (Wildman–Crippen MR) is 93.1 cm³/mol. The van der Waals surface area contributed by atoms with Crippen molar-refractivity contribution in [2.75, 3.05) is 20.3 Å². The number of hydrogen-bond donors (Lipinski definition) is 1. The molecule has 2 aromatic rings. The first-order chi connectivity index (χ1) is 11.3. The van der Waals surface area contributed by atoms with Gasteiger partial charge < -0.3 is 10.1 Å². The van der Waals surface area contributed by atoms with Crippen LogP contribution >= 0.6 is 0 Å². The molecular formula is C18H26N4O2. The first-order valence-electron chi connectivity index (χ1n) is 8.09. The molecule has 6 heteroatoms. The van der Waals surface area contributed by atoms with Crippen molar-refractivity contribution in [3.8, 4) is 0 Å². The van der Waals surface area contributed by atoms with E-state index in [-0.39, 0.29) is 17.4 Å². The minimum absolute atomic E-state index is 0.0835. The maximum absolute atomic E-state index is 12.5. The summed E-state index contributed by atoms with van der Waals surface area (Å²) in [7, 11) is 1.65. The molecule has 0 aliphatic rings. The van der Waals surface area contributed by atoms with Crippen molar-refractivity contribution in [3.63, 3.8) is 0 Å². The summed E-state index contributed by atoms with van der Waals surface area (Å²) in [6.45, 7) is 9.02. The van der Waals surface area contributed by atoms with Gasteiger partial charge in [0.25, 0.3) is 5.91 Å². The second-order valence-electron chi connectivity index (χ2n) is 6.69. The molecule has 24 heavy (non-hydrogen) atoms. The number of nitrogens with zero attached hydrogens (tertiary/aromatic N) is 3. The molecule has 1 amide bonds. The lowest BCUT2D eigenvalue weighted by Crippen LogP contribution is -2.37. The van der Waals surface area contributed by atoms with E-state index in [4.69, 9.17) is 4.74 Å². The number of methoxy groups -OCH3 is 1. The van der Waals surface area contributed by atoms with Crippen LogP contribution < -0.4 is 5.32 Å². The van der Waals surface area contributed by atoms with E-state index in [1.54, 1.807) is 24.2 Å². The molecule has 6 nitrogen and oxygen atoms in total. The molecule has 2 aromatic heterocycles. The third-order valence-electron chi connectivity index (χ3n) is 4.07. The lowest BCUT2D eigenvalue weighted by molar-refractivity contribution is 0.0944. The number of carbonyl (C=O) groups is 1. The number of amides is 1. The maximum atomic E-state index is 12.5. The molecule has 0 aromatic carbocycles. The van der Waals surface area contributed by atoms with E-state index >= 15 is 0 Å². The van der Waals surface area contributed by atoms with Crippen molar-refractivity contribution in [1.82, 2.24) is 20.1 Å². The lowest BCUT2D eigenvalue weighted by Gasteiger charge is -2.24. The minimum atomic E-state index is -0.246. The molecule has 0 radical (unpaired) electrons. The summed E-state index contributed by atoms with van der Waals surface area (Å²) in [5.41, 5.74) is 2.01. The Hall–Kier alpha value is -2.21. The molecule has 0 saturated carbocycles. The fourth-order valence-corrected chi connectivity index (χ4v) is 2.50. The van der Waals surface area contributed by atoms with Crippen LogP contribution in [0.15, 0.2) is 30.6 Å². The first-order valence-corrected chi connectivity index (χ1v) is 8.09. The SMILES string of the molecule is COCC(C)n1cc(C(=O)NCC(C)(C)c2ccccn2)c(C)n1. The first kappa shape index (κ1) is 18.1. The van der Waals surface area contributed by atoms with E-state index < -0.39 is 0 Å². The fourth-order valence-electron chi connectivity index (χ4n) is 2.50. The highest BCUT2D eigenvalue weighted by atomic mass is 16.5. The van der Waals surface area contributed by atoms with Gasteiger partial charge in [0.2, 0.25) is 0 Å². The average Bonchev–Trinajstić information content (AvgIpc) is 2.96. The van der Waals surface area contributed by atoms with E-state index in [1.165, 1.54) is 0 Å². The van der Waals surface area contributed by atoms with E-state index in [9.17, 15) is 4.79 Å². The van der Waals surface area contributed by atoms with Crippen molar-refractivity contribution >= 4 is 5.91 Å². The van der Waals surface area contributed by atoms with E-state index in [2.05, 4.69) is 29.2 Å². The molecule has 0 aliphatic carbocycles. The summed E-state index contributed by atoms with van der Waals surface area (Å²) in [5.74, 6) is -0.118. The zero-order chi connectivity index (χ0) is 17.7. The molecule has 0 spiro atoms. The smallest absolute Gasteiger partial charge is 0.254 e. The van der Waals surface area contributed by atoms with Gasteiger partial charge in [-0.3, -0.25) is 14.5 Å². The number of pyridine rings is 1. The standard InChI is InChI=1S/C18H26N4O2/c1-13(11-24-5)22-10-15(14(2)21-22)17(23)20-12-18(3,4)16-8-6-7-9-19-16/h6-10,13H,11-12H2,1-5H3,(H,20,23). The van der Waals surface area contributed by atoms with Crippen LogP contribution in [0.2, 0.25) is 0 Å². The number of hydrogen-bond acceptors (Lipinski definition) is 4. The van der Waals surface area contributed by atoms with Gasteiger partial charge >= 0.3 is 0 Å². The van der Waals surface area contributed by atoms with Crippen LogP contribution in [-0.2, 0) is 10.2 Å². The molecule has 0 fully saturated rings. The normalized spacial score (nSPS) is 12.9. The number of ether oxygens (including phenoxy) is 1. The fraction of sp³-hybridized carbons (Fsp3) is 0.500. The number of aryl methyl sites for hydroxylation is 1. The number of aromatic nitrogens is 3. The van der Waals surface area contributed by atoms with E-state index in [1.807, 2.05) is 32.0 Å². The van der Waals surface area contributed by atoms with Crippen LogP contribution in [0.3, 0.4) is 0 Å². The van der Waals surface area contributed by atoms with Crippen LogP contribution in [0.25, 0.3) is 0 Å². The van der Waals surface area contributed by atoms with Crippen molar-refractivity contribution in [1.29, 1.82) is 0 Å². The highest BCUT2D eigenvalue weighted by Crippen LogP contribution is 2.20. The van der Waals surface area contributed by atoms with Gasteiger partial charge in [-0.05, 0) is 26.0 Å². The van der Waals surface area contributed by atoms with Gasteiger partial charge in [-0.15, -0.1) is 0 Å². The van der Waals surface area contributed by atoms with Crippen LogP contribution in [-0.4, -0.2) is 40.9 Å². The van der Waals surface area contributed by atoms with Gasteiger partial charge in [-0.25, -0.2) is 0 Å². The van der Waals surface area contributed by atoms with Crippen LogP contribution in [0.5, 0.6) is 0 Å². The Bertz CT molecular complexity index is 680. The van der Waals surface area contributed by atoms with Crippen LogP contribution in [0.1, 0.15) is 48.6 Å². The molecule has 0 bridgehead atoms. The Kier molecular flexibility index (Phi) is 5.72. The Labute approximate surface area is 143 Å². The van der Waals surface area contributed by atoms with Crippen molar-refractivity contribution in [2.45, 2.75) is 39.2 Å². The predicted octanol–water partition coefficient (Wildman–Crippen LogP) is 2.50. The molecule has 1 atom stereocenters. The Morgan fingerprint density at radius 2 is 2.17 bits per heavy atom. The maximum Gasteiger partial charge on any atom is 0.254 e. The van der Waals surface area contributed by atoms with Crippen molar-refractivity contribution in [3.05, 3.63) is 47.5 Å². The summed E-state index contributed by atoms with van der Waals surface area (Å²) in [6, 6.07) is 5.90. The van der Waals surface area contributed by atoms with Crippen molar-refractivity contribution in [2.24, 2.45) is 0 Å². The Morgan fingerprint density at radius 3 is 2.79 bits per heavy atom. The van der Waals surface area contributed by atoms with Crippen molar-refractivity contribution < 1.29 is 9.53 Å². The third kappa shape index (κ3) is 4.20. The number of carbonyl (C=O) groups excluding carboxylic acids is 1. The molecule has 2 rings (SSSR count). The third-order valence-corrected chi connectivity index (χ3v) is 4.07. The zero-order valence-corrected chi connectivity index (χ0v) is 15.0. The van der Waals surface area contributed by atoms with E-state index in [0.717, 1.165) is 5.69 Å². The highest BCUT2D eigenvalue weighted by Gasteiger charge is 2.24. The molecule has 0 aliphatic heterocycles. The molecule has 1 unspecified atom stereocenters. The Balaban J connectivity index is 2.05. The van der Waals surface area contributed by atoms with Gasteiger partial charge in [-0.2, -0.15) is 5.10 Å². The zero-order valence-electron chi connectivity index (χ0n) is 15.0. The summed E-state index contributed by atoms with van der Waals surface area (Å²) < 4.78 is 6.92. The topological polar surface area (TPSA) is 69.0 Å². The monoisotopic (exact) mass is 330 g/mol. The van der Waals surface area contributed by atoms with Gasteiger partial charge in [-0.1, -0.05) is 19.9 Å². The van der Waals surface area contributed by atoms with Crippen LogP contribution in [0, 0.1) is 6.92 Å². The number of nitrogens with one attached hydrogen (secondary N) is 1. The average molecular weight is 330 g/mol. The summed E-state index contributed by atoms with van der Waals surface area (Å²) in [4.78, 5) is 16.9. The van der Waals surface area contributed by atoms with Gasteiger partial charge in [0, 0.05) is 37.2 Å². The minimum Gasteiger partial charge on any atom is -0.382 e.